The number of halogens is 1. The van der Waals surface area contributed by atoms with Gasteiger partial charge in [0.2, 0.25) is 0 Å². The van der Waals surface area contributed by atoms with Gasteiger partial charge in [-0.25, -0.2) is 4.79 Å². The number of carboxylic acid groups (broad SMARTS) is 1. The summed E-state index contributed by atoms with van der Waals surface area (Å²) in [6.45, 7) is 4.54. The number of aromatic carboxylic acids is 1. The number of nitrogens with zero attached hydrogens (tertiary/aromatic N) is 1. The van der Waals surface area contributed by atoms with E-state index in [1.54, 1.807) is 18.2 Å². The molecule has 1 heterocycles. The zero-order chi connectivity index (χ0) is 15.4. The topological polar surface area (TPSA) is 75.2 Å². The molecular formula is C15H17IN2O3. The van der Waals surface area contributed by atoms with Gasteiger partial charge in [-0.15, -0.1) is 0 Å². The van der Waals surface area contributed by atoms with E-state index in [0.29, 0.717) is 12.4 Å². The molecule has 2 rings (SSSR count). The number of rotatable bonds is 6. The van der Waals surface area contributed by atoms with Gasteiger partial charge in [0, 0.05) is 5.69 Å². The number of hydrogen-bond donors (Lipinski definition) is 2. The van der Waals surface area contributed by atoms with Gasteiger partial charge < -0.3 is 9.84 Å². The van der Waals surface area contributed by atoms with Gasteiger partial charge in [-0.2, -0.15) is 5.10 Å². The van der Waals surface area contributed by atoms with Crippen molar-refractivity contribution in [1.29, 1.82) is 0 Å². The summed E-state index contributed by atoms with van der Waals surface area (Å²) < 4.78 is 6.61. The van der Waals surface area contributed by atoms with E-state index in [1.165, 1.54) is 5.56 Å². The lowest BCUT2D eigenvalue weighted by atomic mass is 10.1. The summed E-state index contributed by atoms with van der Waals surface area (Å²) in [5.41, 5.74) is 3.59. The molecule has 0 saturated heterocycles. The normalized spacial score (nSPS) is 10.6. The quantitative estimate of drug-likeness (QED) is 0.576. The second-order valence-corrected chi connectivity index (χ2v) is 5.98. The Hall–Kier alpha value is -1.57. The van der Waals surface area contributed by atoms with E-state index in [-0.39, 0.29) is 5.56 Å². The van der Waals surface area contributed by atoms with Crippen molar-refractivity contribution in [2.75, 3.05) is 6.61 Å². The minimum absolute atomic E-state index is 0.243. The molecule has 2 aromatic rings. The summed E-state index contributed by atoms with van der Waals surface area (Å²) in [5, 5.41) is 16.1. The van der Waals surface area contributed by atoms with Gasteiger partial charge in [0.15, 0.2) is 0 Å². The fraction of sp³-hybridized carbons (Fsp3) is 0.333. The van der Waals surface area contributed by atoms with Crippen LogP contribution in [-0.2, 0) is 6.42 Å². The Morgan fingerprint density at radius 2 is 2.19 bits per heavy atom. The highest BCUT2D eigenvalue weighted by Crippen LogP contribution is 2.23. The fourth-order valence-electron chi connectivity index (χ4n) is 2.12. The number of ether oxygens (including phenoxy) is 1. The number of aryl methyl sites for hydroxylation is 2. The molecule has 0 radical (unpaired) electrons. The van der Waals surface area contributed by atoms with E-state index in [9.17, 15) is 4.79 Å². The third kappa shape index (κ3) is 3.96. The van der Waals surface area contributed by atoms with Crippen molar-refractivity contribution in [3.8, 4) is 5.75 Å². The van der Waals surface area contributed by atoms with E-state index in [2.05, 4.69) is 32.8 Å². The molecule has 5 nitrogen and oxygen atoms in total. The summed E-state index contributed by atoms with van der Waals surface area (Å²) in [4.78, 5) is 11.0. The number of benzene rings is 1. The first kappa shape index (κ1) is 15.8. The summed E-state index contributed by atoms with van der Waals surface area (Å²) in [5.74, 6) is -0.322. The number of carboxylic acids is 1. The lowest BCUT2D eigenvalue weighted by Crippen LogP contribution is -2.03. The maximum atomic E-state index is 11.0. The van der Waals surface area contributed by atoms with Gasteiger partial charge in [-0.3, -0.25) is 5.10 Å². The van der Waals surface area contributed by atoms with Crippen molar-refractivity contribution >= 4 is 28.6 Å². The average molecular weight is 400 g/mol. The first-order valence-electron chi connectivity index (χ1n) is 6.65. The van der Waals surface area contributed by atoms with Crippen LogP contribution in [0.5, 0.6) is 5.75 Å². The minimum atomic E-state index is -0.944. The molecule has 21 heavy (non-hydrogen) atoms. The molecule has 0 atom stereocenters. The average Bonchev–Trinajstić information content (AvgIpc) is 2.76. The van der Waals surface area contributed by atoms with Crippen LogP contribution in [0, 0.1) is 17.4 Å². The summed E-state index contributed by atoms with van der Waals surface area (Å²) in [6.07, 6.45) is 1.75. The molecule has 1 aromatic carbocycles. The predicted molar refractivity (Wildman–Crippen MR) is 88.0 cm³/mol. The highest BCUT2D eigenvalue weighted by molar-refractivity contribution is 14.1. The number of nitrogens with one attached hydrogen (secondary N) is 1. The van der Waals surface area contributed by atoms with Gasteiger partial charge in [-0.05, 0) is 73.0 Å². The van der Waals surface area contributed by atoms with Crippen molar-refractivity contribution in [2.24, 2.45) is 0 Å². The molecule has 112 valence electrons. The molecular weight excluding hydrogens is 383 g/mol. The lowest BCUT2D eigenvalue weighted by molar-refractivity contribution is 0.0696. The van der Waals surface area contributed by atoms with Gasteiger partial charge in [-0.1, -0.05) is 0 Å². The molecule has 6 heteroatoms. The molecule has 0 bridgehead atoms. The summed E-state index contributed by atoms with van der Waals surface area (Å²) in [6, 6.07) is 4.90. The Balaban J connectivity index is 1.92. The maximum absolute atomic E-state index is 11.0. The Bertz CT molecular complexity index is 633. The van der Waals surface area contributed by atoms with Crippen molar-refractivity contribution < 1.29 is 14.6 Å². The Kier molecular flexibility index (Phi) is 5.22. The van der Waals surface area contributed by atoms with Crippen LogP contribution in [0.1, 0.15) is 33.7 Å². The van der Waals surface area contributed by atoms with Gasteiger partial charge in [0.05, 0.1) is 21.4 Å². The zero-order valence-corrected chi connectivity index (χ0v) is 14.1. The van der Waals surface area contributed by atoms with Crippen LogP contribution in [0.15, 0.2) is 18.2 Å². The Labute approximate surface area is 136 Å². The van der Waals surface area contributed by atoms with Gasteiger partial charge in [0.25, 0.3) is 0 Å². The second kappa shape index (κ2) is 6.93. The smallest absolute Gasteiger partial charge is 0.335 e. The fourth-order valence-corrected chi connectivity index (χ4v) is 2.61. The maximum Gasteiger partial charge on any atom is 0.335 e. The first-order chi connectivity index (χ1) is 9.99. The lowest BCUT2D eigenvalue weighted by Gasteiger charge is -2.09. The molecule has 0 unspecified atom stereocenters. The highest BCUT2D eigenvalue weighted by Gasteiger charge is 2.09. The van der Waals surface area contributed by atoms with Crippen molar-refractivity contribution in [1.82, 2.24) is 10.2 Å². The van der Waals surface area contributed by atoms with E-state index in [4.69, 9.17) is 9.84 Å². The van der Waals surface area contributed by atoms with Crippen molar-refractivity contribution in [3.05, 3.63) is 44.3 Å². The van der Waals surface area contributed by atoms with Crippen LogP contribution in [0.3, 0.4) is 0 Å². The number of carbonyl (C=O) groups is 1. The van der Waals surface area contributed by atoms with E-state index < -0.39 is 5.97 Å². The SMILES string of the molecule is Cc1n[nH]c(C)c1CCCOc1cc(C(=O)O)ccc1I. The predicted octanol–water partition coefficient (Wildman–Crippen LogP) is 3.34. The van der Waals surface area contributed by atoms with Crippen molar-refractivity contribution in [2.45, 2.75) is 26.7 Å². The largest absolute Gasteiger partial charge is 0.492 e. The first-order valence-corrected chi connectivity index (χ1v) is 7.73. The molecule has 0 amide bonds. The number of hydrogen-bond acceptors (Lipinski definition) is 3. The van der Waals surface area contributed by atoms with Crippen LogP contribution in [0.2, 0.25) is 0 Å². The van der Waals surface area contributed by atoms with Crippen molar-refractivity contribution in [3.63, 3.8) is 0 Å². The second-order valence-electron chi connectivity index (χ2n) is 4.81. The van der Waals surface area contributed by atoms with Crippen LogP contribution in [-0.4, -0.2) is 27.9 Å². The molecule has 0 fully saturated rings. The third-order valence-electron chi connectivity index (χ3n) is 3.29. The van der Waals surface area contributed by atoms with Crippen LogP contribution < -0.4 is 4.74 Å². The molecule has 2 N–H and O–H groups in total. The highest BCUT2D eigenvalue weighted by atomic mass is 127. The van der Waals surface area contributed by atoms with E-state index >= 15 is 0 Å². The Morgan fingerprint density at radius 1 is 1.43 bits per heavy atom. The summed E-state index contributed by atoms with van der Waals surface area (Å²) in [7, 11) is 0. The molecule has 1 aromatic heterocycles. The summed E-state index contributed by atoms with van der Waals surface area (Å²) >= 11 is 2.14. The minimum Gasteiger partial charge on any atom is -0.492 e. The Morgan fingerprint density at radius 3 is 2.81 bits per heavy atom. The van der Waals surface area contributed by atoms with E-state index in [0.717, 1.165) is 27.8 Å². The van der Waals surface area contributed by atoms with Gasteiger partial charge >= 0.3 is 5.97 Å². The molecule has 0 saturated carbocycles. The monoisotopic (exact) mass is 400 g/mol. The number of aromatic amines is 1. The molecule has 0 aliphatic rings. The van der Waals surface area contributed by atoms with Gasteiger partial charge in [0.1, 0.15) is 5.75 Å². The molecule has 0 aliphatic heterocycles. The number of aromatic nitrogens is 2. The number of H-pyrrole nitrogens is 1. The third-order valence-corrected chi connectivity index (χ3v) is 4.18. The van der Waals surface area contributed by atoms with E-state index in [1.807, 2.05) is 13.8 Å². The van der Waals surface area contributed by atoms with Crippen LogP contribution >= 0.6 is 22.6 Å². The molecule has 0 spiro atoms. The molecule has 0 aliphatic carbocycles. The van der Waals surface area contributed by atoms with Crippen LogP contribution in [0.4, 0.5) is 0 Å². The standard InChI is InChI=1S/C15H17IN2O3/c1-9-12(10(2)18-17-9)4-3-7-21-14-8-11(15(19)20)5-6-13(14)16/h5-6,8H,3-4,7H2,1-2H3,(H,17,18)(H,19,20). The zero-order valence-electron chi connectivity index (χ0n) is 11.9. The van der Waals surface area contributed by atoms with Crippen LogP contribution in [0.25, 0.3) is 0 Å².